The van der Waals surface area contributed by atoms with E-state index in [-0.39, 0.29) is 5.97 Å². The van der Waals surface area contributed by atoms with Crippen LogP contribution in [-0.4, -0.2) is 18.1 Å². The Balaban J connectivity index is 2.73. The zero-order valence-electron chi connectivity index (χ0n) is 8.78. The summed E-state index contributed by atoms with van der Waals surface area (Å²) < 4.78 is 4.72. The maximum Gasteiger partial charge on any atom is 0.311 e. The first-order valence-corrected chi connectivity index (χ1v) is 4.54. The van der Waals surface area contributed by atoms with Gasteiger partial charge in [-0.1, -0.05) is 6.07 Å². The maximum atomic E-state index is 11.4. The lowest BCUT2D eigenvalue weighted by Gasteiger charge is -2.20. The standard InChI is InChI=1S/C11H15NO2/c1-11(2,10(13)14-3)8-9-6-4-5-7-12-9/h4-7H,8H2,1-3H3. The molecule has 1 aromatic heterocycles. The number of hydrogen-bond acceptors (Lipinski definition) is 3. The number of pyridine rings is 1. The molecule has 0 N–H and O–H groups in total. The number of esters is 1. The van der Waals surface area contributed by atoms with Crippen LogP contribution < -0.4 is 0 Å². The average molecular weight is 193 g/mol. The van der Waals surface area contributed by atoms with Gasteiger partial charge in [0.05, 0.1) is 12.5 Å². The fourth-order valence-electron chi connectivity index (χ4n) is 1.30. The predicted octanol–water partition coefficient (Wildman–Crippen LogP) is 1.82. The van der Waals surface area contributed by atoms with Crippen LogP contribution in [0, 0.1) is 5.41 Å². The van der Waals surface area contributed by atoms with E-state index in [2.05, 4.69) is 4.98 Å². The molecule has 1 heterocycles. The van der Waals surface area contributed by atoms with Crippen molar-refractivity contribution in [3.05, 3.63) is 30.1 Å². The van der Waals surface area contributed by atoms with Crippen molar-refractivity contribution in [1.29, 1.82) is 0 Å². The number of ether oxygens (including phenoxy) is 1. The molecule has 0 spiro atoms. The molecule has 0 aliphatic rings. The van der Waals surface area contributed by atoms with Crippen molar-refractivity contribution in [3.63, 3.8) is 0 Å². The van der Waals surface area contributed by atoms with Gasteiger partial charge in [-0.2, -0.15) is 0 Å². The van der Waals surface area contributed by atoms with Gasteiger partial charge in [-0.25, -0.2) is 0 Å². The van der Waals surface area contributed by atoms with Crippen LogP contribution in [0.2, 0.25) is 0 Å². The average Bonchev–Trinajstić information content (AvgIpc) is 2.17. The number of carbonyl (C=O) groups is 1. The molecule has 3 nitrogen and oxygen atoms in total. The van der Waals surface area contributed by atoms with Gasteiger partial charge in [0, 0.05) is 18.3 Å². The molecule has 1 aromatic rings. The minimum atomic E-state index is -0.511. The first-order chi connectivity index (χ1) is 6.56. The smallest absolute Gasteiger partial charge is 0.311 e. The fraction of sp³-hybridized carbons (Fsp3) is 0.455. The van der Waals surface area contributed by atoms with Gasteiger partial charge in [-0.3, -0.25) is 9.78 Å². The summed E-state index contributed by atoms with van der Waals surface area (Å²) in [6.07, 6.45) is 2.32. The summed E-state index contributed by atoms with van der Waals surface area (Å²) in [4.78, 5) is 15.6. The third-order valence-electron chi connectivity index (χ3n) is 2.09. The summed E-state index contributed by atoms with van der Waals surface area (Å²) in [6, 6.07) is 5.68. The number of hydrogen-bond donors (Lipinski definition) is 0. The van der Waals surface area contributed by atoms with Crippen LogP contribution in [0.3, 0.4) is 0 Å². The first kappa shape index (κ1) is 10.7. The van der Waals surface area contributed by atoms with Crippen LogP contribution in [0.25, 0.3) is 0 Å². The first-order valence-electron chi connectivity index (χ1n) is 4.54. The highest BCUT2D eigenvalue weighted by atomic mass is 16.5. The molecule has 0 aromatic carbocycles. The summed E-state index contributed by atoms with van der Waals surface area (Å²) in [6.45, 7) is 3.71. The van der Waals surface area contributed by atoms with E-state index in [1.165, 1.54) is 7.11 Å². The van der Waals surface area contributed by atoms with E-state index < -0.39 is 5.41 Å². The third kappa shape index (κ3) is 2.55. The Labute approximate surface area is 84.1 Å². The lowest BCUT2D eigenvalue weighted by atomic mass is 9.88. The summed E-state index contributed by atoms with van der Waals surface area (Å²) in [5.41, 5.74) is 0.395. The summed E-state index contributed by atoms with van der Waals surface area (Å²) in [7, 11) is 1.41. The molecule has 0 radical (unpaired) electrons. The molecule has 0 saturated heterocycles. The molecule has 3 heteroatoms. The van der Waals surface area contributed by atoms with Crippen molar-refractivity contribution in [2.45, 2.75) is 20.3 Å². The lowest BCUT2D eigenvalue weighted by molar-refractivity contribution is -0.150. The van der Waals surface area contributed by atoms with Gasteiger partial charge in [0.1, 0.15) is 0 Å². The molecule has 0 atom stereocenters. The maximum absolute atomic E-state index is 11.4. The van der Waals surface area contributed by atoms with Crippen LogP contribution in [0.4, 0.5) is 0 Å². The van der Waals surface area contributed by atoms with Gasteiger partial charge in [-0.15, -0.1) is 0 Å². The van der Waals surface area contributed by atoms with Gasteiger partial charge in [0.2, 0.25) is 0 Å². The van der Waals surface area contributed by atoms with Gasteiger partial charge in [0.25, 0.3) is 0 Å². The number of aromatic nitrogens is 1. The zero-order chi connectivity index (χ0) is 10.6. The van der Waals surface area contributed by atoms with E-state index in [1.807, 2.05) is 32.0 Å². The van der Waals surface area contributed by atoms with Crippen LogP contribution in [0.5, 0.6) is 0 Å². The van der Waals surface area contributed by atoms with Crippen molar-refractivity contribution >= 4 is 5.97 Å². The van der Waals surface area contributed by atoms with E-state index in [0.717, 1.165) is 5.69 Å². The summed E-state index contributed by atoms with van der Waals surface area (Å²) in [5, 5.41) is 0. The highest BCUT2D eigenvalue weighted by molar-refractivity contribution is 5.76. The number of rotatable bonds is 3. The van der Waals surface area contributed by atoms with Crippen molar-refractivity contribution in [3.8, 4) is 0 Å². The normalized spacial score (nSPS) is 11.1. The number of nitrogens with zero attached hydrogens (tertiary/aromatic N) is 1. The Morgan fingerprint density at radius 1 is 1.50 bits per heavy atom. The Morgan fingerprint density at radius 2 is 2.21 bits per heavy atom. The summed E-state index contributed by atoms with van der Waals surface area (Å²) >= 11 is 0. The lowest BCUT2D eigenvalue weighted by Crippen LogP contribution is -2.28. The van der Waals surface area contributed by atoms with E-state index >= 15 is 0 Å². The van der Waals surface area contributed by atoms with Crippen LogP contribution in [-0.2, 0) is 16.0 Å². The minimum absolute atomic E-state index is 0.205. The molecule has 0 aliphatic carbocycles. The second-order valence-electron chi connectivity index (χ2n) is 3.87. The van der Waals surface area contributed by atoms with Crippen molar-refractivity contribution in [1.82, 2.24) is 4.98 Å². The predicted molar refractivity (Wildman–Crippen MR) is 53.7 cm³/mol. The monoisotopic (exact) mass is 193 g/mol. The highest BCUT2D eigenvalue weighted by Gasteiger charge is 2.29. The van der Waals surface area contributed by atoms with E-state index in [9.17, 15) is 4.79 Å². The van der Waals surface area contributed by atoms with E-state index in [0.29, 0.717) is 6.42 Å². The summed E-state index contributed by atoms with van der Waals surface area (Å²) in [5.74, 6) is -0.205. The minimum Gasteiger partial charge on any atom is -0.469 e. The molecular weight excluding hydrogens is 178 g/mol. The second kappa shape index (κ2) is 4.22. The topological polar surface area (TPSA) is 39.2 Å². The molecule has 0 aliphatic heterocycles. The van der Waals surface area contributed by atoms with Crippen molar-refractivity contribution < 1.29 is 9.53 Å². The molecular formula is C11H15NO2. The highest BCUT2D eigenvalue weighted by Crippen LogP contribution is 2.21. The number of methoxy groups -OCH3 is 1. The quantitative estimate of drug-likeness (QED) is 0.687. The molecule has 1 rings (SSSR count). The Bertz CT molecular complexity index is 306. The van der Waals surface area contributed by atoms with E-state index in [4.69, 9.17) is 4.74 Å². The molecule has 0 saturated carbocycles. The van der Waals surface area contributed by atoms with E-state index in [1.54, 1.807) is 6.20 Å². The molecule has 76 valence electrons. The molecule has 14 heavy (non-hydrogen) atoms. The second-order valence-corrected chi connectivity index (χ2v) is 3.87. The molecule has 0 unspecified atom stereocenters. The molecule has 0 bridgehead atoms. The number of carbonyl (C=O) groups excluding carboxylic acids is 1. The SMILES string of the molecule is COC(=O)C(C)(C)Cc1ccccn1. The molecule has 0 amide bonds. The Hall–Kier alpha value is -1.38. The van der Waals surface area contributed by atoms with Crippen LogP contribution >= 0.6 is 0 Å². The fourth-order valence-corrected chi connectivity index (χ4v) is 1.30. The Kier molecular flexibility index (Phi) is 3.23. The third-order valence-corrected chi connectivity index (χ3v) is 2.09. The Morgan fingerprint density at radius 3 is 2.71 bits per heavy atom. The van der Waals surface area contributed by atoms with Gasteiger partial charge < -0.3 is 4.74 Å². The largest absolute Gasteiger partial charge is 0.469 e. The molecule has 0 fully saturated rings. The van der Waals surface area contributed by atoms with Crippen molar-refractivity contribution in [2.24, 2.45) is 5.41 Å². The zero-order valence-corrected chi connectivity index (χ0v) is 8.78. The van der Waals surface area contributed by atoms with Gasteiger partial charge in [0.15, 0.2) is 0 Å². The van der Waals surface area contributed by atoms with Gasteiger partial charge in [-0.05, 0) is 26.0 Å². The van der Waals surface area contributed by atoms with Crippen molar-refractivity contribution in [2.75, 3.05) is 7.11 Å². The van der Waals surface area contributed by atoms with Crippen LogP contribution in [0.1, 0.15) is 19.5 Å². The van der Waals surface area contributed by atoms with Gasteiger partial charge >= 0.3 is 5.97 Å². The van der Waals surface area contributed by atoms with Crippen LogP contribution in [0.15, 0.2) is 24.4 Å².